The maximum absolute atomic E-state index is 12.6. The van der Waals surface area contributed by atoms with Crippen LogP contribution in [-0.4, -0.2) is 11.9 Å². The molecule has 0 aliphatic heterocycles. The summed E-state index contributed by atoms with van der Waals surface area (Å²) in [5, 5.41) is 0. The summed E-state index contributed by atoms with van der Waals surface area (Å²) in [4.78, 5) is 24.0. The van der Waals surface area contributed by atoms with Crippen LogP contribution < -0.4 is 0 Å². The summed E-state index contributed by atoms with van der Waals surface area (Å²) in [5.74, 6) is -1.08. The van der Waals surface area contributed by atoms with Gasteiger partial charge in [-0.3, -0.25) is 4.79 Å². The summed E-state index contributed by atoms with van der Waals surface area (Å²) in [7, 11) is 0. The molecule has 2 aromatic rings. The van der Waals surface area contributed by atoms with Crippen molar-refractivity contribution in [3.8, 4) is 0 Å². The van der Waals surface area contributed by atoms with Gasteiger partial charge in [-0.15, -0.1) is 0 Å². The zero-order valence-electron chi connectivity index (χ0n) is 14.0. The van der Waals surface area contributed by atoms with Gasteiger partial charge in [0.05, 0.1) is 0 Å². The number of esters is 2. The van der Waals surface area contributed by atoms with E-state index in [4.69, 9.17) is 9.47 Å². The lowest BCUT2D eigenvalue weighted by atomic mass is 10.0. The second-order valence-corrected chi connectivity index (χ2v) is 5.53. The van der Waals surface area contributed by atoms with Crippen molar-refractivity contribution >= 4 is 11.9 Å². The van der Waals surface area contributed by atoms with Crippen LogP contribution in [0, 0.1) is 0 Å². The Morgan fingerprint density at radius 3 is 1.92 bits per heavy atom. The average molecular weight is 326 g/mol. The fraction of sp³-hybridized carbons (Fsp3) is 0.300. The molecule has 126 valence electrons. The van der Waals surface area contributed by atoms with Crippen LogP contribution in [0.3, 0.4) is 0 Å². The van der Waals surface area contributed by atoms with E-state index >= 15 is 0 Å². The van der Waals surface area contributed by atoms with Crippen molar-refractivity contribution in [2.75, 3.05) is 0 Å². The lowest BCUT2D eigenvalue weighted by Crippen LogP contribution is -2.23. The van der Waals surface area contributed by atoms with Crippen LogP contribution in [0.4, 0.5) is 0 Å². The van der Waals surface area contributed by atoms with Gasteiger partial charge in [-0.25, -0.2) is 4.79 Å². The van der Waals surface area contributed by atoms with Gasteiger partial charge in [-0.05, 0) is 12.0 Å². The summed E-state index contributed by atoms with van der Waals surface area (Å²) in [6.45, 7) is 3.31. The van der Waals surface area contributed by atoms with E-state index in [1.54, 1.807) is 24.3 Å². The molecule has 2 rings (SSSR count). The van der Waals surface area contributed by atoms with Crippen LogP contribution in [0.5, 0.6) is 0 Å². The Morgan fingerprint density at radius 1 is 0.875 bits per heavy atom. The lowest BCUT2D eigenvalue weighted by Gasteiger charge is -2.22. The minimum atomic E-state index is -1.05. The third-order valence-corrected chi connectivity index (χ3v) is 3.58. The smallest absolute Gasteiger partial charge is 0.352 e. The van der Waals surface area contributed by atoms with Crippen LogP contribution in [0.25, 0.3) is 0 Å². The van der Waals surface area contributed by atoms with E-state index < -0.39 is 18.0 Å². The quantitative estimate of drug-likeness (QED) is 0.709. The normalized spacial score (nSPS) is 12.9. The molecule has 0 fully saturated rings. The van der Waals surface area contributed by atoms with Gasteiger partial charge in [0.25, 0.3) is 0 Å². The van der Waals surface area contributed by atoms with E-state index in [-0.39, 0.29) is 6.10 Å². The van der Waals surface area contributed by atoms with Gasteiger partial charge in [-0.2, -0.15) is 0 Å². The summed E-state index contributed by atoms with van der Waals surface area (Å²) in [6, 6.07) is 18.5. The van der Waals surface area contributed by atoms with Crippen LogP contribution in [0.2, 0.25) is 0 Å². The Balaban J connectivity index is 2.20. The van der Waals surface area contributed by atoms with E-state index in [2.05, 4.69) is 0 Å². The molecule has 0 N–H and O–H groups in total. The van der Waals surface area contributed by atoms with Gasteiger partial charge >= 0.3 is 11.9 Å². The number of carbonyl (C=O) groups is 2. The van der Waals surface area contributed by atoms with E-state index in [0.29, 0.717) is 12.0 Å². The monoisotopic (exact) mass is 326 g/mol. The second-order valence-electron chi connectivity index (χ2n) is 5.53. The van der Waals surface area contributed by atoms with Crippen molar-refractivity contribution in [3.63, 3.8) is 0 Å². The van der Waals surface area contributed by atoms with E-state index in [0.717, 1.165) is 12.0 Å². The van der Waals surface area contributed by atoms with E-state index in [1.165, 1.54) is 6.92 Å². The summed E-state index contributed by atoms with van der Waals surface area (Å²) < 4.78 is 10.9. The predicted molar refractivity (Wildman–Crippen MR) is 91.1 cm³/mol. The van der Waals surface area contributed by atoms with Gasteiger partial charge in [0.1, 0.15) is 6.10 Å². The molecule has 0 saturated heterocycles. The third-order valence-electron chi connectivity index (χ3n) is 3.58. The molecule has 0 amide bonds. The third kappa shape index (κ3) is 4.95. The Kier molecular flexibility index (Phi) is 6.55. The Labute approximate surface area is 142 Å². The van der Waals surface area contributed by atoms with Crippen molar-refractivity contribution < 1.29 is 19.1 Å². The van der Waals surface area contributed by atoms with E-state index in [9.17, 15) is 9.59 Å². The molecule has 0 radical (unpaired) electrons. The highest BCUT2D eigenvalue weighted by Gasteiger charge is 2.28. The van der Waals surface area contributed by atoms with Crippen LogP contribution in [0.15, 0.2) is 60.7 Å². The topological polar surface area (TPSA) is 52.6 Å². The Hall–Kier alpha value is -2.62. The fourth-order valence-electron chi connectivity index (χ4n) is 2.47. The zero-order chi connectivity index (χ0) is 17.4. The molecule has 0 unspecified atom stereocenters. The molecule has 0 bridgehead atoms. The number of carbonyl (C=O) groups excluding carboxylic acids is 2. The summed E-state index contributed by atoms with van der Waals surface area (Å²) >= 11 is 0. The van der Waals surface area contributed by atoms with Crippen LogP contribution in [0.1, 0.15) is 50.0 Å². The molecule has 0 heterocycles. The molecule has 24 heavy (non-hydrogen) atoms. The predicted octanol–water partition coefficient (Wildman–Crippen LogP) is 4.38. The second kappa shape index (κ2) is 8.87. The maximum Gasteiger partial charge on any atom is 0.352 e. The van der Waals surface area contributed by atoms with Gasteiger partial charge in [0.2, 0.25) is 6.10 Å². The lowest BCUT2D eigenvalue weighted by molar-refractivity contribution is -0.171. The van der Waals surface area contributed by atoms with Crippen molar-refractivity contribution in [1.29, 1.82) is 0 Å². The number of hydrogen-bond donors (Lipinski definition) is 0. The molecule has 4 heteroatoms. The van der Waals surface area contributed by atoms with Crippen molar-refractivity contribution in [1.82, 2.24) is 0 Å². The molecule has 0 aliphatic carbocycles. The molecule has 2 atom stereocenters. The van der Waals surface area contributed by atoms with Gasteiger partial charge in [0.15, 0.2) is 0 Å². The average Bonchev–Trinajstić information content (AvgIpc) is 2.60. The highest BCUT2D eigenvalue weighted by molar-refractivity contribution is 5.80. The largest absolute Gasteiger partial charge is 0.454 e. The number of ether oxygens (including phenoxy) is 2. The summed E-state index contributed by atoms with van der Waals surface area (Å²) in [6.07, 6.45) is 0.172. The highest BCUT2D eigenvalue weighted by Crippen LogP contribution is 2.27. The minimum absolute atomic E-state index is 0.356. The molecule has 2 aromatic carbocycles. The number of rotatable bonds is 7. The maximum atomic E-state index is 12.6. The van der Waals surface area contributed by atoms with Crippen LogP contribution >= 0.6 is 0 Å². The summed E-state index contributed by atoms with van der Waals surface area (Å²) in [5.41, 5.74) is 1.53. The number of benzene rings is 2. The highest BCUT2D eigenvalue weighted by atomic mass is 16.6. The number of hydrogen-bond acceptors (Lipinski definition) is 4. The molecule has 0 spiro atoms. The van der Waals surface area contributed by atoms with Crippen molar-refractivity contribution in [2.24, 2.45) is 0 Å². The van der Waals surface area contributed by atoms with Gasteiger partial charge in [0, 0.05) is 12.5 Å². The standard InChI is InChI=1S/C20H22O4/c1-3-10-18(16-11-6-4-7-12-16)24-20(22)19(23-15(2)21)17-13-8-5-9-14-17/h4-9,11-14,18-19H,3,10H2,1-2H3/t18-,19+/m1/s1. The fourth-order valence-corrected chi connectivity index (χ4v) is 2.47. The van der Waals surface area contributed by atoms with Crippen molar-refractivity contribution in [2.45, 2.75) is 38.9 Å². The zero-order valence-corrected chi connectivity index (χ0v) is 14.0. The SMILES string of the molecule is CCC[C@@H](OC(=O)[C@@H](OC(C)=O)c1ccccc1)c1ccccc1. The first-order valence-electron chi connectivity index (χ1n) is 8.09. The first kappa shape index (κ1) is 17.7. The van der Waals surface area contributed by atoms with E-state index in [1.807, 2.05) is 43.3 Å². The molecule has 0 saturated carbocycles. The Morgan fingerprint density at radius 2 is 1.42 bits per heavy atom. The molecule has 4 nitrogen and oxygen atoms in total. The van der Waals surface area contributed by atoms with Crippen LogP contribution in [-0.2, 0) is 19.1 Å². The minimum Gasteiger partial charge on any atom is -0.454 e. The first-order valence-corrected chi connectivity index (χ1v) is 8.09. The van der Waals surface area contributed by atoms with Gasteiger partial charge in [-0.1, -0.05) is 74.0 Å². The molecule has 0 aliphatic rings. The first-order chi connectivity index (χ1) is 11.6. The van der Waals surface area contributed by atoms with Crippen molar-refractivity contribution in [3.05, 3.63) is 71.8 Å². The molecule has 0 aromatic heterocycles. The molecular weight excluding hydrogens is 304 g/mol. The van der Waals surface area contributed by atoms with Gasteiger partial charge < -0.3 is 9.47 Å². The molecular formula is C20H22O4. The Bertz CT molecular complexity index is 652.